The van der Waals surface area contributed by atoms with Crippen molar-refractivity contribution in [2.75, 3.05) is 13.1 Å². The predicted octanol–water partition coefficient (Wildman–Crippen LogP) is 2.71. The van der Waals surface area contributed by atoms with Crippen LogP contribution in [-0.4, -0.2) is 24.3 Å². The Labute approximate surface area is 105 Å². The molecule has 96 valence electrons. The van der Waals surface area contributed by atoms with Crippen LogP contribution in [-0.2, 0) is 6.42 Å². The fourth-order valence-electron chi connectivity index (χ4n) is 1.83. The third-order valence-corrected chi connectivity index (χ3v) is 2.92. The molecule has 1 aromatic rings. The third kappa shape index (κ3) is 5.33. The first-order valence-electron chi connectivity index (χ1n) is 6.61. The lowest BCUT2D eigenvalue weighted by atomic mass is 10.00. The van der Waals surface area contributed by atoms with Crippen LogP contribution in [0.15, 0.2) is 24.3 Å². The van der Waals surface area contributed by atoms with Gasteiger partial charge in [-0.3, -0.25) is 0 Å². The third-order valence-electron chi connectivity index (χ3n) is 2.92. The summed E-state index contributed by atoms with van der Waals surface area (Å²) in [5.74, 6) is 0.570. The van der Waals surface area contributed by atoms with E-state index in [9.17, 15) is 5.11 Å². The maximum atomic E-state index is 9.85. The normalized spacial score (nSPS) is 13.0. The first kappa shape index (κ1) is 14.2. The minimum atomic E-state index is -0.286. The quantitative estimate of drug-likeness (QED) is 0.712. The zero-order chi connectivity index (χ0) is 12.7. The Morgan fingerprint density at radius 2 is 1.82 bits per heavy atom. The van der Waals surface area contributed by atoms with Crippen LogP contribution in [0.4, 0.5) is 0 Å². The molecule has 0 saturated heterocycles. The van der Waals surface area contributed by atoms with E-state index >= 15 is 0 Å². The number of rotatable bonds is 7. The molecule has 0 radical (unpaired) electrons. The molecule has 0 heterocycles. The predicted molar refractivity (Wildman–Crippen MR) is 73.4 cm³/mol. The minimum absolute atomic E-state index is 0.286. The average Bonchev–Trinajstić information content (AvgIpc) is 2.30. The van der Waals surface area contributed by atoms with Crippen molar-refractivity contribution in [3.05, 3.63) is 35.4 Å². The van der Waals surface area contributed by atoms with E-state index in [0.717, 1.165) is 19.4 Å². The maximum absolute atomic E-state index is 9.85. The van der Waals surface area contributed by atoms with Crippen molar-refractivity contribution in [1.29, 1.82) is 0 Å². The number of benzene rings is 1. The smallest absolute Gasteiger partial charge is 0.0704 e. The zero-order valence-corrected chi connectivity index (χ0v) is 11.2. The summed E-state index contributed by atoms with van der Waals surface area (Å²) in [6.45, 7) is 8.17. The van der Waals surface area contributed by atoms with Gasteiger partial charge >= 0.3 is 0 Å². The molecule has 0 aromatic heterocycles. The van der Waals surface area contributed by atoms with Gasteiger partial charge in [0, 0.05) is 6.54 Å². The van der Waals surface area contributed by atoms with E-state index < -0.39 is 0 Å². The summed E-state index contributed by atoms with van der Waals surface area (Å²) in [4.78, 5) is 0. The number of aliphatic hydroxyl groups is 1. The van der Waals surface area contributed by atoms with E-state index in [4.69, 9.17) is 0 Å². The van der Waals surface area contributed by atoms with Crippen molar-refractivity contribution in [3.8, 4) is 0 Å². The molecule has 0 aliphatic carbocycles. The standard InChI is InChI=1S/C15H25NO/c1-4-9-16-11-15(17)10-13-5-7-14(8-6-13)12(2)3/h5-8,12,15-17H,4,9-11H2,1-3H3. The largest absolute Gasteiger partial charge is 0.391 e. The van der Waals surface area contributed by atoms with Crippen molar-refractivity contribution >= 4 is 0 Å². The second-order valence-corrected chi connectivity index (χ2v) is 4.96. The molecule has 0 fully saturated rings. The average molecular weight is 235 g/mol. The Hall–Kier alpha value is -0.860. The van der Waals surface area contributed by atoms with E-state index in [1.54, 1.807) is 0 Å². The first-order valence-corrected chi connectivity index (χ1v) is 6.61. The lowest BCUT2D eigenvalue weighted by molar-refractivity contribution is 0.172. The molecule has 0 aliphatic heterocycles. The molecular formula is C15H25NO. The highest BCUT2D eigenvalue weighted by Gasteiger charge is 2.05. The lowest BCUT2D eigenvalue weighted by Gasteiger charge is -2.12. The molecule has 0 amide bonds. The van der Waals surface area contributed by atoms with Crippen LogP contribution in [0, 0.1) is 0 Å². The second kappa shape index (κ2) is 7.46. The second-order valence-electron chi connectivity index (χ2n) is 4.96. The topological polar surface area (TPSA) is 32.3 Å². The SMILES string of the molecule is CCCNCC(O)Cc1ccc(C(C)C)cc1. The van der Waals surface area contributed by atoms with Crippen LogP contribution in [0.2, 0.25) is 0 Å². The number of hydrogen-bond acceptors (Lipinski definition) is 2. The Morgan fingerprint density at radius 3 is 2.35 bits per heavy atom. The summed E-state index contributed by atoms with van der Waals surface area (Å²) >= 11 is 0. The number of hydrogen-bond donors (Lipinski definition) is 2. The maximum Gasteiger partial charge on any atom is 0.0704 e. The Morgan fingerprint density at radius 1 is 1.18 bits per heavy atom. The highest BCUT2D eigenvalue weighted by atomic mass is 16.3. The highest BCUT2D eigenvalue weighted by molar-refractivity contribution is 5.25. The van der Waals surface area contributed by atoms with Crippen LogP contribution in [0.3, 0.4) is 0 Å². The summed E-state index contributed by atoms with van der Waals surface area (Å²) in [5, 5.41) is 13.1. The van der Waals surface area contributed by atoms with Crippen molar-refractivity contribution in [2.24, 2.45) is 0 Å². The molecule has 0 spiro atoms. The fraction of sp³-hybridized carbons (Fsp3) is 0.600. The molecule has 0 aliphatic rings. The van der Waals surface area contributed by atoms with Gasteiger partial charge in [-0.15, -0.1) is 0 Å². The van der Waals surface area contributed by atoms with Crippen LogP contribution >= 0.6 is 0 Å². The Kier molecular flexibility index (Phi) is 6.23. The Bertz CT molecular complexity index is 305. The molecule has 0 saturated carbocycles. The monoisotopic (exact) mass is 235 g/mol. The van der Waals surface area contributed by atoms with Gasteiger partial charge in [-0.1, -0.05) is 45.0 Å². The molecular weight excluding hydrogens is 210 g/mol. The van der Waals surface area contributed by atoms with Gasteiger partial charge in [0.2, 0.25) is 0 Å². The van der Waals surface area contributed by atoms with Crippen LogP contribution in [0.5, 0.6) is 0 Å². The van der Waals surface area contributed by atoms with E-state index in [1.807, 2.05) is 0 Å². The zero-order valence-electron chi connectivity index (χ0n) is 11.2. The van der Waals surface area contributed by atoms with Crippen molar-refractivity contribution < 1.29 is 5.11 Å². The van der Waals surface area contributed by atoms with Crippen molar-refractivity contribution in [1.82, 2.24) is 5.32 Å². The van der Waals surface area contributed by atoms with Crippen LogP contribution in [0.1, 0.15) is 44.2 Å². The molecule has 2 nitrogen and oxygen atoms in total. The lowest BCUT2D eigenvalue weighted by Crippen LogP contribution is -2.28. The fourth-order valence-corrected chi connectivity index (χ4v) is 1.83. The van der Waals surface area contributed by atoms with Gasteiger partial charge in [0.1, 0.15) is 0 Å². The summed E-state index contributed by atoms with van der Waals surface area (Å²) in [7, 11) is 0. The molecule has 1 aromatic carbocycles. The van der Waals surface area contributed by atoms with E-state index in [1.165, 1.54) is 11.1 Å². The van der Waals surface area contributed by atoms with Crippen LogP contribution < -0.4 is 5.32 Å². The molecule has 0 bridgehead atoms. The number of aliphatic hydroxyl groups excluding tert-OH is 1. The minimum Gasteiger partial charge on any atom is -0.391 e. The van der Waals surface area contributed by atoms with E-state index in [-0.39, 0.29) is 6.10 Å². The molecule has 2 heteroatoms. The first-order chi connectivity index (χ1) is 8.13. The number of nitrogens with one attached hydrogen (secondary N) is 1. The molecule has 1 atom stereocenters. The molecule has 1 unspecified atom stereocenters. The summed E-state index contributed by atoms with van der Waals surface area (Å²) in [6.07, 6.45) is 1.55. The van der Waals surface area contributed by atoms with Gasteiger partial charge in [-0.25, -0.2) is 0 Å². The van der Waals surface area contributed by atoms with Gasteiger partial charge in [0.05, 0.1) is 6.10 Å². The van der Waals surface area contributed by atoms with Crippen molar-refractivity contribution in [2.45, 2.75) is 45.6 Å². The molecule has 17 heavy (non-hydrogen) atoms. The van der Waals surface area contributed by atoms with E-state index in [2.05, 4.69) is 50.4 Å². The molecule has 1 rings (SSSR count). The summed E-state index contributed by atoms with van der Waals surface area (Å²) in [6, 6.07) is 8.56. The van der Waals surface area contributed by atoms with Crippen LogP contribution in [0.25, 0.3) is 0 Å². The summed E-state index contributed by atoms with van der Waals surface area (Å²) < 4.78 is 0. The molecule has 2 N–H and O–H groups in total. The van der Waals surface area contributed by atoms with Gasteiger partial charge in [-0.05, 0) is 36.4 Å². The van der Waals surface area contributed by atoms with Gasteiger partial charge in [0.25, 0.3) is 0 Å². The van der Waals surface area contributed by atoms with Gasteiger partial charge in [0.15, 0.2) is 0 Å². The van der Waals surface area contributed by atoms with Crippen molar-refractivity contribution in [3.63, 3.8) is 0 Å². The van der Waals surface area contributed by atoms with E-state index in [0.29, 0.717) is 12.5 Å². The summed E-state index contributed by atoms with van der Waals surface area (Å²) in [5.41, 5.74) is 2.56. The van der Waals surface area contributed by atoms with Gasteiger partial charge < -0.3 is 10.4 Å². The highest BCUT2D eigenvalue weighted by Crippen LogP contribution is 2.15. The Balaban J connectivity index is 2.40. The van der Waals surface area contributed by atoms with Gasteiger partial charge in [-0.2, -0.15) is 0 Å².